The SMILES string of the molecule is Cc1nn(C)c(C)c1C(C#N)OCCO. The lowest BCUT2D eigenvalue weighted by molar-refractivity contribution is 0.0575. The molecule has 1 aromatic heterocycles. The molecule has 1 heterocycles. The molecule has 0 saturated carbocycles. The molecule has 1 rings (SSSR count). The predicted molar refractivity (Wildman–Crippen MR) is 54.1 cm³/mol. The highest BCUT2D eigenvalue weighted by atomic mass is 16.5. The van der Waals surface area contributed by atoms with Crippen molar-refractivity contribution in [1.82, 2.24) is 9.78 Å². The van der Waals surface area contributed by atoms with E-state index in [0.717, 1.165) is 17.0 Å². The van der Waals surface area contributed by atoms with Crippen LogP contribution in [-0.4, -0.2) is 28.1 Å². The summed E-state index contributed by atoms with van der Waals surface area (Å²) in [6.07, 6.45) is -0.647. The molecule has 0 fully saturated rings. The Labute approximate surface area is 88.9 Å². The Morgan fingerprint density at radius 2 is 2.27 bits per heavy atom. The molecular weight excluding hydrogens is 194 g/mol. The molecule has 0 radical (unpaired) electrons. The topological polar surface area (TPSA) is 71.1 Å². The molecule has 82 valence electrons. The van der Waals surface area contributed by atoms with E-state index in [1.807, 2.05) is 20.9 Å². The number of aliphatic hydroxyl groups excluding tert-OH is 1. The van der Waals surface area contributed by atoms with Crippen LogP contribution in [-0.2, 0) is 11.8 Å². The van der Waals surface area contributed by atoms with Gasteiger partial charge in [0.1, 0.15) is 0 Å². The lowest BCUT2D eigenvalue weighted by Crippen LogP contribution is -2.08. The number of nitriles is 1. The van der Waals surface area contributed by atoms with Gasteiger partial charge in [0.25, 0.3) is 0 Å². The van der Waals surface area contributed by atoms with Gasteiger partial charge >= 0.3 is 0 Å². The third kappa shape index (κ3) is 2.35. The first-order chi connectivity index (χ1) is 7.11. The van der Waals surface area contributed by atoms with Crippen LogP contribution in [0.2, 0.25) is 0 Å². The predicted octanol–water partition coefficient (Wildman–Crippen LogP) is 0.611. The molecule has 0 aliphatic rings. The van der Waals surface area contributed by atoms with Crippen LogP contribution in [0.1, 0.15) is 23.1 Å². The van der Waals surface area contributed by atoms with Gasteiger partial charge < -0.3 is 9.84 Å². The Balaban J connectivity index is 2.97. The minimum absolute atomic E-state index is 0.0868. The average Bonchev–Trinajstić information content (AvgIpc) is 2.45. The Bertz CT molecular complexity index is 379. The Morgan fingerprint density at radius 1 is 1.60 bits per heavy atom. The molecule has 1 N–H and O–H groups in total. The van der Waals surface area contributed by atoms with Crippen molar-refractivity contribution in [2.24, 2.45) is 7.05 Å². The van der Waals surface area contributed by atoms with Crippen molar-refractivity contribution in [2.45, 2.75) is 20.0 Å². The summed E-state index contributed by atoms with van der Waals surface area (Å²) in [5, 5.41) is 21.8. The van der Waals surface area contributed by atoms with E-state index < -0.39 is 6.10 Å². The number of nitrogens with zero attached hydrogens (tertiary/aromatic N) is 3. The monoisotopic (exact) mass is 209 g/mol. The molecule has 0 aromatic carbocycles. The fourth-order valence-electron chi connectivity index (χ4n) is 1.53. The Kier molecular flexibility index (Phi) is 3.83. The maximum Gasteiger partial charge on any atom is 0.172 e. The van der Waals surface area contributed by atoms with Crippen LogP contribution >= 0.6 is 0 Å². The smallest absolute Gasteiger partial charge is 0.172 e. The zero-order chi connectivity index (χ0) is 11.4. The minimum atomic E-state index is -0.647. The molecule has 0 amide bonds. The molecule has 1 atom stereocenters. The van der Waals surface area contributed by atoms with E-state index in [4.69, 9.17) is 15.1 Å². The van der Waals surface area contributed by atoms with E-state index in [0.29, 0.717) is 0 Å². The first kappa shape index (κ1) is 11.7. The maximum absolute atomic E-state index is 8.97. The first-order valence-electron chi connectivity index (χ1n) is 4.74. The summed E-state index contributed by atoms with van der Waals surface area (Å²) in [7, 11) is 1.83. The third-order valence-corrected chi connectivity index (χ3v) is 2.32. The van der Waals surface area contributed by atoms with Gasteiger partial charge in [-0.25, -0.2) is 0 Å². The lowest BCUT2D eigenvalue weighted by Gasteiger charge is -2.10. The first-order valence-corrected chi connectivity index (χ1v) is 4.74. The molecule has 0 aliphatic carbocycles. The van der Waals surface area contributed by atoms with Crippen molar-refractivity contribution in [3.05, 3.63) is 17.0 Å². The second kappa shape index (κ2) is 4.91. The van der Waals surface area contributed by atoms with E-state index in [2.05, 4.69) is 11.2 Å². The van der Waals surface area contributed by atoms with E-state index >= 15 is 0 Å². The van der Waals surface area contributed by atoms with Crippen LogP contribution < -0.4 is 0 Å². The fourth-order valence-corrected chi connectivity index (χ4v) is 1.53. The van der Waals surface area contributed by atoms with Gasteiger partial charge in [0, 0.05) is 18.3 Å². The number of aromatic nitrogens is 2. The molecule has 0 spiro atoms. The maximum atomic E-state index is 8.97. The van der Waals surface area contributed by atoms with Crippen LogP contribution in [0, 0.1) is 25.2 Å². The third-order valence-electron chi connectivity index (χ3n) is 2.32. The van der Waals surface area contributed by atoms with E-state index in [-0.39, 0.29) is 13.2 Å². The molecule has 5 heteroatoms. The normalized spacial score (nSPS) is 12.5. The van der Waals surface area contributed by atoms with Gasteiger partial charge in [0.2, 0.25) is 0 Å². The van der Waals surface area contributed by atoms with E-state index in [1.54, 1.807) is 4.68 Å². The van der Waals surface area contributed by atoms with Crippen molar-refractivity contribution >= 4 is 0 Å². The summed E-state index contributed by atoms with van der Waals surface area (Å²) < 4.78 is 6.96. The molecular formula is C10H15N3O2. The van der Waals surface area contributed by atoms with Gasteiger partial charge in [0.05, 0.1) is 25.0 Å². The van der Waals surface area contributed by atoms with Gasteiger partial charge in [-0.15, -0.1) is 0 Å². The molecule has 1 aromatic rings. The van der Waals surface area contributed by atoms with Gasteiger partial charge in [-0.3, -0.25) is 4.68 Å². The van der Waals surface area contributed by atoms with Crippen molar-refractivity contribution in [3.8, 4) is 6.07 Å². The fraction of sp³-hybridized carbons (Fsp3) is 0.600. The summed E-state index contributed by atoms with van der Waals surface area (Å²) in [4.78, 5) is 0. The second-order valence-electron chi connectivity index (χ2n) is 3.31. The minimum Gasteiger partial charge on any atom is -0.394 e. The van der Waals surface area contributed by atoms with Crippen LogP contribution in [0.3, 0.4) is 0 Å². The summed E-state index contributed by atoms with van der Waals surface area (Å²) in [5.74, 6) is 0. The number of hydrogen-bond acceptors (Lipinski definition) is 4. The summed E-state index contributed by atoms with van der Waals surface area (Å²) in [6.45, 7) is 3.81. The van der Waals surface area contributed by atoms with Crippen LogP contribution in [0.25, 0.3) is 0 Å². The lowest BCUT2D eigenvalue weighted by atomic mass is 10.1. The van der Waals surface area contributed by atoms with Crippen molar-refractivity contribution < 1.29 is 9.84 Å². The van der Waals surface area contributed by atoms with Crippen LogP contribution in [0.4, 0.5) is 0 Å². The Morgan fingerprint density at radius 3 is 2.67 bits per heavy atom. The number of rotatable bonds is 4. The van der Waals surface area contributed by atoms with Gasteiger partial charge in [0.15, 0.2) is 6.10 Å². The highest BCUT2D eigenvalue weighted by Gasteiger charge is 2.20. The van der Waals surface area contributed by atoms with E-state index in [1.165, 1.54) is 0 Å². The molecule has 0 aliphatic heterocycles. The summed E-state index contributed by atoms with van der Waals surface area (Å²) in [6, 6.07) is 2.06. The number of aliphatic hydroxyl groups is 1. The highest BCUT2D eigenvalue weighted by molar-refractivity contribution is 5.30. The van der Waals surface area contributed by atoms with Crippen LogP contribution in [0.5, 0.6) is 0 Å². The molecule has 1 unspecified atom stereocenters. The van der Waals surface area contributed by atoms with Crippen molar-refractivity contribution in [1.29, 1.82) is 5.26 Å². The zero-order valence-electron chi connectivity index (χ0n) is 9.19. The number of ether oxygens (including phenoxy) is 1. The number of aryl methyl sites for hydroxylation is 2. The largest absolute Gasteiger partial charge is 0.394 e. The Hall–Kier alpha value is -1.38. The zero-order valence-corrected chi connectivity index (χ0v) is 9.19. The van der Waals surface area contributed by atoms with E-state index in [9.17, 15) is 0 Å². The number of hydrogen-bond donors (Lipinski definition) is 1. The average molecular weight is 209 g/mol. The van der Waals surface area contributed by atoms with Crippen LogP contribution in [0.15, 0.2) is 0 Å². The highest BCUT2D eigenvalue weighted by Crippen LogP contribution is 2.23. The molecule has 0 saturated heterocycles. The molecule has 0 bridgehead atoms. The standard InChI is InChI=1S/C10H15N3O2/c1-7-10(8(2)13(3)12-7)9(6-11)15-5-4-14/h9,14H,4-5H2,1-3H3. The van der Waals surface area contributed by atoms with Gasteiger partial charge in [-0.05, 0) is 13.8 Å². The quantitative estimate of drug-likeness (QED) is 0.788. The van der Waals surface area contributed by atoms with Gasteiger partial charge in [-0.1, -0.05) is 0 Å². The second-order valence-corrected chi connectivity index (χ2v) is 3.31. The van der Waals surface area contributed by atoms with Gasteiger partial charge in [-0.2, -0.15) is 10.4 Å². The van der Waals surface area contributed by atoms with Crippen molar-refractivity contribution in [2.75, 3.05) is 13.2 Å². The molecule has 15 heavy (non-hydrogen) atoms. The summed E-state index contributed by atoms with van der Waals surface area (Å²) in [5.41, 5.74) is 2.50. The van der Waals surface area contributed by atoms with Crippen molar-refractivity contribution in [3.63, 3.8) is 0 Å². The molecule has 5 nitrogen and oxygen atoms in total. The summed E-state index contributed by atoms with van der Waals surface area (Å²) >= 11 is 0.